The minimum absolute atomic E-state index is 0.971. The third kappa shape index (κ3) is 4.00. The Morgan fingerprint density at radius 1 is 1.12 bits per heavy atom. The first-order valence-corrected chi connectivity index (χ1v) is 6.70. The first kappa shape index (κ1) is 11.7. The summed E-state index contributed by atoms with van der Waals surface area (Å²) in [6, 6.07) is 0. The zero-order valence-electron chi connectivity index (χ0n) is 10.2. The number of aliphatic imine (C=N–C) groups is 1. The maximum absolute atomic E-state index is 4.41. The number of hydrogen-bond donors (Lipinski definition) is 2. The molecule has 2 heterocycles. The molecule has 0 amide bonds. The number of nitrogens with zero attached hydrogens (tertiary/aromatic N) is 2. The third-order valence-electron chi connectivity index (χ3n) is 3.32. The maximum atomic E-state index is 4.41. The molecule has 0 aliphatic carbocycles. The molecule has 1 saturated heterocycles. The van der Waals surface area contributed by atoms with Gasteiger partial charge in [-0.25, -0.2) is 0 Å². The molecule has 0 unspecified atom stereocenters. The van der Waals surface area contributed by atoms with Crippen LogP contribution in [0, 0.1) is 0 Å². The van der Waals surface area contributed by atoms with Gasteiger partial charge in [0.2, 0.25) is 0 Å². The smallest absolute Gasteiger partial charge is 0.191 e. The Morgan fingerprint density at radius 3 is 2.62 bits per heavy atom. The van der Waals surface area contributed by atoms with E-state index in [-0.39, 0.29) is 0 Å². The van der Waals surface area contributed by atoms with Crippen molar-refractivity contribution in [3.8, 4) is 0 Å². The second-order valence-electron chi connectivity index (χ2n) is 4.69. The van der Waals surface area contributed by atoms with E-state index in [2.05, 4.69) is 20.5 Å². The van der Waals surface area contributed by atoms with E-state index in [1.165, 1.54) is 38.8 Å². The van der Waals surface area contributed by atoms with Crippen molar-refractivity contribution in [2.75, 3.05) is 39.3 Å². The van der Waals surface area contributed by atoms with Gasteiger partial charge in [0.05, 0.1) is 0 Å². The summed E-state index contributed by atoms with van der Waals surface area (Å²) in [6.45, 7) is 6.77. The highest BCUT2D eigenvalue weighted by molar-refractivity contribution is 5.80. The minimum atomic E-state index is 0.971. The number of nitrogens with one attached hydrogen (secondary N) is 2. The van der Waals surface area contributed by atoms with Gasteiger partial charge in [-0.05, 0) is 32.4 Å². The summed E-state index contributed by atoms with van der Waals surface area (Å²) in [6.07, 6.45) is 6.74. The Morgan fingerprint density at radius 2 is 1.94 bits per heavy atom. The topological polar surface area (TPSA) is 39.7 Å². The summed E-state index contributed by atoms with van der Waals surface area (Å²) < 4.78 is 0. The molecule has 2 aliphatic rings. The number of rotatable bonds is 3. The first-order chi connectivity index (χ1) is 7.95. The van der Waals surface area contributed by atoms with Crippen molar-refractivity contribution >= 4 is 5.96 Å². The van der Waals surface area contributed by atoms with Gasteiger partial charge in [0.25, 0.3) is 0 Å². The van der Waals surface area contributed by atoms with Gasteiger partial charge in [0, 0.05) is 26.2 Å². The van der Waals surface area contributed by atoms with Crippen LogP contribution in [0.4, 0.5) is 0 Å². The van der Waals surface area contributed by atoms with Gasteiger partial charge in [-0.1, -0.05) is 12.8 Å². The Hall–Kier alpha value is -0.770. The molecule has 4 heteroatoms. The fourth-order valence-corrected chi connectivity index (χ4v) is 2.34. The molecule has 4 nitrogen and oxygen atoms in total. The van der Waals surface area contributed by atoms with Crippen molar-refractivity contribution in [3.63, 3.8) is 0 Å². The number of guanidine groups is 1. The van der Waals surface area contributed by atoms with E-state index >= 15 is 0 Å². The van der Waals surface area contributed by atoms with Crippen LogP contribution >= 0.6 is 0 Å². The molecule has 0 aromatic carbocycles. The van der Waals surface area contributed by atoms with Gasteiger partial charge in [-0.15, -0.1) is 0 Å². The lowest BCUT2D eigenvalue weighted by molar-refractivity contribution is 0.289. The largest absolute Gasteiger partial charge is 0.356 e. The van der Waals surface area contributed by atoms with Crippen LogP contribution in [0.5, 0.6) is 0 Å². The van der Waals surface area contributed by atoms with E-state index in [0.29, 0.717) is 0 Å². The van der Waals surface area contributed by atoms with E-state index in [9.17, 15) is 0 Å². The average Bonchev–Trinajstić information content (AvgIpc) is 2.59. The first-order valence-electron chi connectivity index (χ1n) is 6.70. The van der Waals surface area contributed by atoms with Crippen LogP contribution in [-0.2, 0) is 0 Å². The highest BCUT2D eigenvalue weighted by Gasteiger charge is 2.09. The van der Waals surface area contributed by atoms with Crippen LogP contribution in [-0.4, -0.2) is 50.1 Å². The molecule has 0 bridgehead atoms. The van der Waals surface area contributed by atoms with Gasteiger partial charge in [0.15, 0.2) is 5.96 Å². The van der Waals surface area contributed by atoms with E-state index in [4.69, 9.17) is 0 Å². The summed E-state index contributed by atoms with van der Waals surface area (Å²) >= 11 is 0. The Labute approximate surface area is 98.5 Å². The maximum Gasteiger partial charge on any atom is 0.191 e. The Bertz CT molecular complexity index is 219. The molecule has 2 rings (SSSR count). The van der Waals surface area contributed by atoms with Crippen molar-refractivity contribution < 1.29 is 0 Å². The zero-order chi connectivity index (χ0) is 11.1. The average molecular weight is 224 g/mol. The number of hydrogen-bond acceptors (Lipinski definition) is 4. The third-order valence-corrected chi connectivity index (χ3v) is 3.32. The minimum Gasteiger partial charge on any atom is -0.356 e. The molecule has 0 spiro atoms. The van der Waals surface area contributed by atoms with Crippen LogP contribution < -0.4 is 10.6 Å². The molecular weight excluding hydrogens is 200 g/mol. The summed E-state index contributed by atoms with van der Waals surface area (Å²) in [5.41, 5.74) is 0. The molecule has 0 radical (unpaired) electrons. The summed E-state index contributed by atoms with van der Waals surface area (Å²) in [5, 5.41) is 6.68. The molecule has 16 heavy (non-hydrogen) atoms. The van der Waals surface area contributed by atoms with Crippen molar-refractivity contribution in [2.45, 2.75) is 32.1 Å². The van der Waals surface area contributed by atoms with Gasteiger partial charge in [-0.2, -0.15) is 0 Å². The quantitative estimate of drug-likeness (QED) is 0.745. The van der Waals surface area contributed by atoms with Crippen molar-refractivity contribution in [1.29, 1.82) is 0 Å². The Kier molecular flexibility index (Phi) is 4.93. The normalized spacial score (nSPS) is 23.1. The summed E-state index contributed by atoms with van der Waals surface area (Å²) in [5.74, 6) is 1.00. The van der Waals surface area contributed by atoms with E-state index in [0.717, 1.165) is 38.6 Å². The number of likely N-dealkylation sites (tertiary alicyclic amines) is 1. The standard InChI is InChI=1S/C12H24N4/c1-2-4-10-16(9-3-1)11-8-15-12-13-6-5-7-14-12/h1-11H2,(H2,13,14,15). The summed E-state index contributed by atoms with van der Waals surface area (Å²) in [4.78, 5) is 6.98. The van der Waals surface area contributed by atoms with Crippen molar-refractivity contribution in [1.82, 2.24) is 15.5 Å². The predicted octanol–water partition coefficient (Wildman–Crippen LogP) is 0.801. The van der Waals surface area contributed by atoms with Gasteiger partial charge >= 0.3 is 0 Å². The fraction of sp³-hybridized carbons (Fsp3) is 0.917. The molecule has 0 aromatic rings. The van der Waals surface area contributed by atoms with Crippen molar-refractivity contribution in [2.24, 2.45) is 4.99 Å². The SMILES string of the molecule is C1CCCN(CCNC2=NCCCN2)CC1. The molecule has 0 aromatic heterocycles. The fourth-order valence-electron chi connectivity index (χ4n) is 2.34. The van der Waals surface area contributed by atoms with Gasteiger partial charge in [0.1, 0.15) is 0 Å². The molecule has 2 aliphatic heterocycles. The molecule has 2 N–H and O–H groups in total. The zero-order valence-corrected chi connectivity index (χ0v) is 10.2. The Balaban J connectivity index is 1.61. The molecular formula is C12H24N4. The highest BCUT2D eigenvalue weighted by atomic mass is 15.2. The second-order valence-corrected chi connectivity index (χ2v) is 4.69. The van der Waals surface area contributed by atoms with Crippen LogP contribution in [0.15, 0.2) is 4.99 Å². The van der Waals surface area contributed by atoms with Crippen molar-refractivity contribution in [3.05, 3.63) is 0 Å². The molecule has 0 saturated carbocycles. The van der Waals surface area contributed by atoms with E-state index < -0.39 is 0 Å². The summed E-state index contributed by atoms with van der Waals surface area (Å²) in [7, 11) is 0. The van der Waals surface area contributed by atoms with Crippen LogP contribution in [0.2, 0.25) is 0 Å². The molecule has 0 atom stereocenters. The molecule has 1 fully saturated rings. The lowest BCUT2D eigenvalue weighted by Gasteiger charge is -2.21. The second kappa shape index (κ2) is 6.74. The van der Waals surface area contributed by atoms with E-state index in [1.807, 2.05) is 0 Å². The van der Waals surface area contributed by atoms with Crippen LogP contribution in [0.25, 0.3) is 0 Å². The molecule has 92 valence electrons. The lowest BCUT2D eigenvalue weighted by Crippen LogP contribution is -2.44. The van der Waals surface area contributed by atoms with E-state index in [1.54, 1.807) is 0 Å². The van der Waals surface area contributed by atoms with Crippen LogP contribution in [0.3, 0.4) is 0 Å². The monoisotopic (exact) mass is 224 g/mol. The van der Waals surface area contributed by atoms with Crippen LogP contribution in [0.1, 0.15) is 32.1 Å². The van der Waals surface area contributed by atoms with Gasteiger partial charge in [-0.3, -0.25) is 4.99 Å². The van der Waals surface area contributed by atoms with Gasteiger partial charge < -0.3 is 15.5 Å². The highest BCUT2D eigenvalue weighted by Crippen LogP contribution is 2.08. The lowest BCUT2D eigenvalue weighted by atomic mass is 10.2. The predicted molar refractivity (Wildman–Crippen MR) is 67.8 cm³/mol.